The van der Waals surface area contributed by atoms with Gasteiger partial charge in [0.25, 0.3) is 0 Å². The molecule has 0 aliphatic heterocycles. The molecule has 0 saturated heterocycles. The maximum atomic E-state index is 12.9. The largest absolute Gasteiger partial charge is 0.573 e. The van der Waals surface area contributed by atoms with Gasteiger partial charge in [-0.15, -0.1) is 13.2 Å². The van der Waals surface area contributed by atoms with E-state index in [1.165, 1.54) is 6.07 Å². The molecule has 0 fully saturated rings. The van der Waals surface area contributed by atoms with Gasteiger partial charge in [0, 0.05) is 0 Å². The first-order chi connectivity index (χ1) is 9.51. The van der Waals surface area contributed by atoms with Crippen molar-refractivity contribution in [2.45, 2.75) is 12.5 Å². The van der Waals surface area contributed by atoms with Gasteiger partial charge in [-0.2, -0.15) is 18.4 Å². The van der Waals surface area contributed by atoms with E-state index in [1.54, 1.807) is 0 Å². The van der Waals surface area contributed by atoms with Gasteiger partial charge in [0.15, 0.2) is 0 Å². The van der Waals surface area contributed by atoms with Crippen LogP contribution < -0.4 is 4.74 Å². The second-order valence-electron chi connectivity index (χ2n) is 3.51. The van der Waals surface area contributed by atoms with E-state index in [0.717, 1.165) is 7.11 Å². The Hall–Kier alpha value is -2.44. The molecule has 114 valence electrons. The maximum absolute atomic E-state index is 12.9. The molecule has 0 amide bonds. The molecule has 0 heterocycles. The van der Waals surface area contributed by atoms with Crippen molar-refractivity contribution >= 4 is 5.97 Å². The number of nitriles is 1. The molecule has 0 aliphatic carbocycles. The lowest BCUT2D eigenvalue weighted by Crippen LogP contribution is -2.23. The Kier molecular flexibility index (Phi) is 4.36. The summed E-state index contributed by atoms with van der Waals surface area (Å²) in [4.78, 5) is 11.4. The first-order valence-electron chi connectivity index (χ1n) is 4.99. The van der Waals surface area contributed by atoms with E-state index in [-0.39, 0.29) is 0 Å². The lowest BCUT2D eigenvalue weighted by atomic mass is 10.00. The number of hydrogen-bond donors (Lipinski definition) is 0. The Balaban J connectivity index is 3.70. The second kappa shape index (κ2) is 5.51. The van der Waals surface area contributed by atoms with Crippen LogP contribution in [0.3, 0.4) is 0 Å². The molecule has 0 unspecified atom stereocenters. The van der Waals surface area contributed by atoms with Crippen LogP contribution in [0.2, 0.25) is 0 Å². The predicted octanol–water partition coefficient (Wildman–Crippen LogP) is 3.26. The number of halogens is 6. The number of alkyl halides is 6. The van der Waals surface area contributed by atoms with Gasteiger partial charge in [-0.05, 0) is 12.1 Å². The number of carbonyl (C=O) groups is 1. The third-order valence-corrected chi connectivity index (χ3v) is 2.19. The molecular weight excluding hydrogens is 308 g/mol. The van der Waals surface area contributed by atoms with Crippen LogP contribution in [0.5, 0.6) is 5.75 Å². The van der Waals surface area contributed by atoms with Gasteiger partial charge < -0.3 is 9.47 Å². The van der Waals surface area contributed by atoms with Gasteiger partial charge in [-0.1, -0.05) is 0 Å². The lowest BCUT2D eigenvalue weighted by molar-refractivity contribution is -0.276. The highest BCUT2D eigenvalue weighted by atomic mass is 19.4. The molecule has 0 atom stereocenters. The number of ether oxygens (including phenoxy) is 2. The third-order valence-electron chi connectivity index (χ3n) is 2.19. The predicted molar refractivity (Wildman–Crippen MR) is 54.2 cm³/mol. The van der Waals surface area contributed by atoms with Crippen molar-refractivity contribution in [1.29, 1.82) is 5.26 Å². The topological polar surface area (TPSA) is 59.3 Å². The molecule has 0 N–H and O–H groups in total. The standard InChI is InChI=1S/C11H5F6NO3/c1-20-9(19)7-5(4-18)2-3-6(21-11(15,16)17)8(7)10(12,13)14/h2-3H,1H3. The SMILES string of the molecule is COC(=O)c1c(C#N)ccc(OC(F)(F)F)c1C(F)(F)F. The molecule has 0 bridgehead atoms. The first-order valence-corrected chi connectivity index (χ1v) is 4.99. The molecular formula is C11H5F6NO3. The van der Waals surface area contributed by atoms with Gasteiger partial charge in [-0.25, -0.2) is 4.79 Å². The van der Waals surface area contributed by atoms with Crippen LogP contribution in [0, 0.1) is 11.3 Å². The average molecular weight is 313 g/mol. The summed E-state index contributed by atoms with van der Waals surface area (Å²) >= 11 is 0. The molecule has 1 aromatic carbocycles. The summed E-state index contributed by atoms with van der Waals surface area (Å²) in [5.74, 6) is -3.25. The van der Waals surface area contributed by atoms with Gasteiger partial charge >= 0.3 is 18.5 Å². The summed E-state index contributed by atoms with van der Waals surface area (Å²) in [5.41, 5.74) is -4.15. The summed E-state index contributed by atoms with van der Waals surface area (Å²) in [5, 5.41) is 8.69. The minimum atomic E-state index is -5.40. The molecule has 0 saturated carbocycles. The Morgan fingerprint density at radius 1 is 1.19 bits per heavy atom. The minimum Gasteiger partial charge on any atom is -0.465 e. The summed E-state index contributed by atoms with van der Waals surface area (Å²) in [6.45, 7) is 0. The van der Waals surface area contributed by atoms with Crippen molar-refractivity contribution in [2.75, 3.05) is 7.11 Å². The van der Waals surface area contributed by atoms with Crippen molar-refractivity contribution in [1.82, 2.24) is 0 Å². The maximum Gasteiger partial charge on any atom is 0.573 e. The normalized spacial score (nSPS) is 11.7. The molecule has 0 spiro atoms. The quantitative estimate of drug-likeness (QED) is 0.621. The van der Waals surface area contributed by atoms with E-state index in [1.807, 2.05) is 0 Å². The van der Waals surface area contributed by atoms with Crippen molar-refractivity contribution in [3.63, 3.8) is 0 Å². The fourth-order valence-electron chi connectivity index (χ4n) is 1.48. The molecule has 0 aromatic heterocycles. The molecule has 0 radical (unpaired) electrons. The highest BCUT2D eigenvalue weighted by Gasteiger charge is 2.44. The van der Waals surface area contributed by atoms with Crippen molar-refractivity contribution < 1.29 is 40.6 Å². The number of carbonyl (C=O) groups excluding carboxylic acids is 1. The average Bonchev–Trinajstić information content (AvgIpc) is 2.33. The van der Waals surface area contributed by atoms with E-state index >= 15 is 0 Å². The highest BCUT2D eigenvalue weighted by Crippen LogP contribution is 2.42. The Morgan fingerprint density at radius 2 is 1.76 bits per heavy atom. The van der Waals surface area contributed by atoms with Crippen molar-refractivity contribution in [2.24, 2.45) is 0 Å². The molecule has 1 aromatic rings. The summed E-state index contributed by atoms with van der Waals surface area (Å²) in [6.07, 6.45) is -10.8. The van der Waals surface area contributed by atoms with E-state index in [9.17, 15) is 31.1 Å². The van der Waals surface area contributed by atoms with Crippen molar-refractivity contribution in [3.05, 3.63) is 28.8 Å². The van der Waals surface area contributed by atoms with Crippen LogP contribution in [0.15, 0.2) is 12.1 Å². The number of methoxy groups -OCH3 is 1. The van der Waals surface area contributed by atoms with Crippen LogP contribution in [0.25, 0.3) is 0 Å². The first kappa shape index (κ1) is 16.6. The fourth-order valence-corrected chi connectivity index (χ4v) is 1.48. The van der Waals surface area contributed by atoms with Gasteiger partial charge in [0.05, 0.1) is 18.2 Å². The van der Waals surface area contributed by atoms with Crippen LogP contribution in [0.1, 0.15) is 21.5 Å². The Morgan fingerprint density at radius 3 is 2.14 bits per heavy atom. The van der Waals surface area contributed by atoms with Crippen molar-refractivity contribution in [3.8, 4) is 11.8 Å². The third kappa shape index (κ3) is 3.77. The monoisotopic (exact) mass is 313 g/mol. The molecule has 1 rings (SSSR count). The fraction of sp³-hybridized carbons (Fsp3) is 0.273. The minimum absolute atomic E-state index is 0.307. The van der Waals surface area contributed by atoms with Crippen LogP contribution in [-0.4, -0.2) is 19.4 Å². The van der Waals surface area contributed by atoms with E-state index < -0.39 is 40.9 Å². The molecule has 10 heteroatoms. The number of hydrogen-bond acceptors (Lipinski definition) is 4. The zero-order valence-corrected chi connectivity index (χ0v) is 10.1. The lowest BCUT2D eigenvalue weighted by Gasteiger charge is -2.18. The second-order valence-corrected chi connectivity index (χ2v) is 3.51. The number of benzene rings is 1. The molecule has 21 heavy (non-hydrogen) atoms. The smallest absolute Gasteiger partial charge is 0.465 e. The molecule has 4 nitrogen and oxygen atoms in total. The van der Waals surface area contributed by atoms with Crippen LogP contribution in [0.4, 0.5) is 26.3 Å². The van der Waals surface area contributed by atoms with Gasteiger partial charge in [-0.3, -0.25) is 0 Å². The zero-order valence-electron chi connectivity index (χ0n) is 10.1. The number of nitrogens with zero attached hydrogens (tertiary/aromatic N) is 1. The van der Waals surface area contributed by atoms with Crippen LogP contribution in [-0.2, 0) is 10.9 Å². The zero-order chi connectivity index (χ0) is 16.4. The van der Waals surface area contributed by atoms with E-state index in [4.69, 9.17) is 5.26 Å². The highest BCUT2D eigenvalue weighted by molar-refractivity contribution is 5.95. The van der Waals surface area contributed by atoms with Crippen LogP contribution >= 0.6 is 0 Å². The summed E-state index contributed by atoms with van der Waals surface area (Å²) in [7, 11) is 0.723. The van der Waals surface area contributed by atoms with Gasteiger partial charge in [0.2, 0.25) is 0 Å². The summed E-state index contributed by atoms with van der Waals surface area (Å²) in [6, 6.07) is 2.18. The molecule has 0 aliphatic rings. The van der Waals surface area contributed by atoms with E-state index in [2.05, 4.69) is 9.47 Å². The number of esters is 1. The van der Waals surface area contributed by atoms with Gasteiger partial charge in [0.1, 0.15) is 17.4 Å². The number of rotatable bonds is 2. The summed E-state index contributed by atoms with van der Waals surface area (Å²) < 4.78 is 82.5. The Labute approximate surface area is 113 Å². The van der Waals surface area contributed by atoms with E-state index in [0.29, 0.717) is 12.1 Å². The Bertz CT molecular complexity index is 600.